The summed E-state index contributed by atoms with van der Waals surface area (Å²) in [6, 6.07) is -0.687. The van der Waals surface area contributed by atoms with Crippen molar-refractivity contribution in [2.45, 2.75) is 25.3 Å². The lowest BCUT2D eigenvalue weighted by Crippen LogP contribution is -2.26. The van der Waals surface area contributed by atoms with E-state index in [0.717, 1.165) is 25.1 Å². The number of hydrogen-bond acceptors (Lipinski definition) is 5. The minimum atomic E-state index is -0.917. The van der Waals surface area contributed by atoms with Crippen molar-refractivity contribution in [3.05, 3.63) is 18.0 Å². The molecule has 2 unspecified atom stereocenters. The smallest absolute Gasteiger partial charge is 0.325 e. The zero-order valence-corrected chi connectivity index (χ0v) is 10.6. The van der Waals surface area contributed by atoms with Gasteiger partial charge in [0.25, 0.3) is 0 Å². The van der Waals surface area contributed by atoms with E-state index < -0.39 is 12.0 Å². The lowest BCUT2D eigenvalue weighted by atomic mass is 10.0. The molecule has 1 aliphatic heterocycles. The number of carboxylic acids is 1. The van der Waals surface area contributed by atoms with E-state index in [9.17, 15) is 4.79 Å². The monoisotopic (exact) mass is 250 g/mol. The van der Waals surface area contributed by atoms with Crippen molar-refractivity contribution >= 4 is 11.9 Å². The first-order chi connectivity index (χ1) is 8.56. The summed E-state index contributed by atoms with van der Waals surface area (Å²) < 4.78 is 0. The molecule has 6 heteroatoms. The Morgan fingerprint density at radius 2 is 2.22 bits per heavy atom. The van der Waals surface area contributed by atoms with E-state index in [-0.39, 0.29) is 0 Å². The Balaban J connectivity index is 1.99. The zero-order valence-electron chi connectivity index (χ0n) is 10.6. The van der Waals surface area contributed by atoms with Gasteiger partial charge >= 0.3 is 5.97 Å². The first-order valence-electron chi connectivity index (χ1n) is 6.06. The molecule has 2 rings (SSSR count). The second-order valence-corrected chi connectivity index (χ2v) is 4.79. The third kappa shape index (κ3) is 2.95. The van der Waals surface area contributed by atoms with Crippen LogP contribution in [-0.2, 0) is 4.79 Å². The topological polar surface area (TPSA) is 78.4 Å². The van der Waals surface area contributed by atoms with Gasteiger partial charge in [-0.2, -0.15) is 0 Å². The molecule has 2 atom stereocenters. The largest absolute Gasteiger partial charge is 0.480 e. The first-order valence-corrected chi connectivity index (χ1v) is 6.06. The van der Waals surface area contributed by atoms with Crippen LogP contribution in [0, 0.1) is 0 Å². The highest BCUT2D eigenvalue weighted by Crippen LogP contribution is 2.25. The molecule has 0 spiro atoms. The SMILES string of the molecule is CC(Nc1ncc(C2CCN(C)C2)cn1)C(=O)O. The molecule has 1 aromatic heterocycles. The fourth-order valence-corrected chi connectivity index (χ4v) is 2.09. The maximum atomic E-state index is 10.7. The summed E-state index contributed by atoms with van der Waals surface area (Å²) in [5.41, 5.74) is 1.12. The Bertz CT molecular complexity index is 421. The number of carboxylic acid groups (broad SMARTS) is 1. The number of nitrogens with zero attached hydrogens (tertiary/aromatic N) is 3. The number of nitrogens with one attached hydrogen (secondary N) is 1. The molecule has 18 heavy (non-hydrogen) atoms. The van der Waals surface area contributed by atoms with Crippen LogP contribution in [-0.4, -0.2) is 52.1 Å². The lowest BCUT2D eigenvalue weighted by molar-refractivity contribution is -0.137. The average Bonchev–Trinajstić information content (AvgIpc) is 2.76. The molecule has 0 saturated carbocycles. The molecule has 0 aromatic carbocycles. The quantitative estimate of drug-likeness (QED) is 0.822. The summed E-state index contributed by atoms with van der Waals surface area (Å²) >= 11 is 0. The normalized spacial score (nSPS) is 21.8. The van der Waals surface area contributed by atoms with Crippen LogP contribution in [0.4, 0.5) is 5.95 Å². The molecule has 0 bridgehead atoms. The number of carbonyl (C=O) groups is 1. The minimum Gasteiger partial charge on any atom is -0.480 e. The Hall–Kier alpha value is -1.69. The van der Waals surface area contributed by atoms with Crippen LogP contribution < -0.4 is 5.32 Å². The average molecular weight is 250 g/mol. The Morgan fingerprint density at radius 3 is 2.72 bits per heavy atom. The van der Waals surface area contributed by atoms with E-state index in [1.54, 1.807) is 19.3 Å². The van der Waals surface area contributed by atoms with E-state index in [2.05, 4.69) is 27.2 Å². The third-order valence-corrected chi connectivity index (χ3v) is 3.25. The van der Waals surface area contributed by atoms with Crippen LogP contribution >= 0.6 is 0 Å². The molecular formula is C12H18N4O2. The minimum absolute atomic E-state index is 0.361. The highest BCUT2D eigenvalue weighted by atomic mass is 16.4. The first kappa shape index (κ1) is 12.8. The van der Waals surface area contributed by atoms with Crippen molar-refractivity contribution in [2.75, 3.05) is 25.5 Å². The highest BCUT2D eigenvalue weighted by molar-refractivity contribution is 5.75. The highest BCUT2D eigenvalue weighted by Gasteiger charge is 2.21. The number of aliphatic carboxylic acids is 1. The zero-order chi connectivity index (χ0) is 13.1. The maximum Gasteiger partial charge on any atom is 0.325 e. The van der Waals surface area contributed by atoms with E-state index in [4.69, 9.17) is 5.11 Å². The number of anilines is 1. The van der Waals surface area contributed by atoms with Crippen molar-refractivity contribution in [3.63, 3.8) is 0 Å². The summed E-state index contributed by atoms with van der Waals surface area (Å²) in [5.74, 6) is -0.0685. The Labute approximate surface area is 106 Å². The van der Waals surface area contributed by atoms with Crippen molar-refractivity contribution < 1.29 is 9.90 Å². The van der Waals surface area contributed by atoms with Crippen molar-refractivity contribution in [1.82, 2.24) is 14.9 Å². The van der Waals surface area contributed by atoms with Gasteiger partial charge in [0.15, 0.2) is 0 Å². The van der Waals surface area contributed by atoms with Gasteiger partial charge in [0.05, 0.1) is 0 Å². The van der Waals surface area contributed by atoms with E-state index >= 15 is 0 Å². The van der Waals surface area contributed by atoms with Crippen LogP contribution in [0.25, 0.3) is 0 Å². The number of likely N-dealkylation sites (tertiary alicyclic amines) is 1. The standard InChI is InChI=1S/C12H18N4O2/c1-8(11(17)18)15-12-13-5-10(6-14-12)9-3-4-16(2)7-9/h5-6,8-9H,3-4,7H2,1-2H3,(H,17,18)(H,13,14,15). The van der Waals surface area contributed by atoms with Crippen molar-refractivity contribution in [3.8, 4) is 0 Å². The van der Waals surface area contributed by atoms with Crippen LogP contribution in [0.5, 0.6) is 0 Å². The molecule has 1 fully saturated rings. The summed E-state index contributed by atoms with van der Waals surface area (Å²) in [6.07, 6.45) is 4.69. The van der Waals surface area contributed by atoms with Crippen molar-refractivity contribution in [1.29, 1.82) is 0 Å². The van der Waals surface area contributed by atoms with Gasteiger partial charge in [-0.1, -0.05) is 0 Å². The number of likely N-dealkylation sites (N-methyl/N-ethyl adjacent to an activating group) is 1. The van der Waals surface area contributed by atoms with Crippen LogP contribution in [0.15, 0.2) is 12.4 Å². The molecular weight excluding hydrogens is 232 g/mol. The number of rotatable bonds is 4. The summed E-state index contributed by atoms with van der Waals surface area (Å²) in [6.45, 7) is 3.69. The van der Waals surface area contributed by atoms with Gasteiger partial charge < -0.3 is 15.3 Å². The molecule has 1 aromatic rings. The fraction of sp³-hybridized carbons (Fsp3) is 0.583. The number of aromatic nitrogens is 2. The molecule has 6 nitrogen and oxygen atoms in total. The summed E-state index contributed by atoms with van der Waals surface area (Å²) in [7, 11) is 2.10. The Morgan fingerprint density at radius 1 is 1.56 bits per heavy atom. The summed E-state index contributed by atoms with van der Waals surface area (Å²) in [4.78, 5) is 21.3. The molecule has 0 amide bonds. The molecule has 1 aliphatic rings. The van der Waals surface area contributed by atoms with Gasteiger partial charge in [-0.05, 0) is 32.5 Å². The van der Waals surface area contributed by atoms with Crippen LogP contribution in [0.1, 0.15) is 24.8 Å². The second kappa shape index (κ2) is 5.30. The van der Waals surface area contributed by atoms with E-state index in [1.807, 2.05) is 0 Å². The number of hydrogen-bond donors (Lipinski definition) is 2. The molecule has 2 heterocycles. The maximum absolute atomic E-state index is 10.7. The van der Waals surface area contributed by atoms with E-state index in [0.29, 0.717) is 11.9 Å². The lowest BCUT2D eigenvalue weighted by Gasteiger charge is -2.12. The Kier molecular flexibility index (Phi) is 3.76. The van der Waals surface area contributed by atoms with E-state index in [1.165, 1.54) is 0 Å². The predicted octanol–water partition coefficient (Wildman–Crippen LogP) is 0.781. The second-order valence-electron chi connectivity index (χ2n) is 4.79. The van der Waals surface area contributed by atoms with Gasteiger partial charge in [0, 0.05) is 24.9 Å². The molecule has 98 valence electrons. The van der Waals surface area contributed by atoms with Gasteiger partial charge in [-0.15, -0.1) is 0 Å². The molecule has 0 aliphatic carbocycles. The summed E-state index contributed by atoms with van der Waals surface area (Å²) in [5, 5.41) is 11.5. The molecule has 1 saturated heterocycles. The fourth-order valence-electron chi connectivity index (χ4n) is 2.09. The van der Waals surface area contributed by atoms with Crippen LogP contribution in [0.3, 0.4) is 0 Å². The van der Waals surface area contributed by atoms with Crippen LogP contribution in [0.2, 0.25) is 0 Å². The third-order valence-electron chi connectivity index (χ3n) is 3.25. The van der Waals surface area contributed by atoms with Gasteiger partial charge in [0.1, 0.15) is 6.04 Å². The van der Waals surface area contributed by atoms with Gasteiger partial charge in [-0.3, -0.25) is 4.79 Å². The van der Waals surface area contributed by atoms with Gasteiger partial charge in [0.2, 0.25) is 5.95 Å². The predicted molar refractivity (Wildman–Crippen MR) is 67.6 cm³/mol. The van der Waals surface area contributed by atoms with Crippen molar-refractivity contribution in [2.24, 2.45) is 0 Å². The van der Waals surface area contributed by atoms with Gasteiger partial charge in [-0.25, -0.2) is 9.97 Å². The molecule has 2 N–H and O–H groups in total. The molecule has 0 radical (unpaired) electrons.